The fraction of sp³-hybridized carbons (Fsp3) is 0.733. The van der Waals surface area contributed by atoms with Crippen molar-refractivity contribution in [3.63, 3.8) is 0 Å². The second-order valence-corrected chi connectivity index (χ2v) is 11.5. The van der Waals surface area contributed by atoms with E-state index in [1.165, 1.54) is 44.9 Å². The maximum Gasteiger partial charge on any atom is 0.129 e. The molecule has 2 aliphatic rings. The number of rotatable bonds is 0. The lowest BCUT2D eigenvalue weighted by Crippen LogP contribution is -2.33. The van der Waals surface area contributed by atoms with E-state index in [0.29, 0.717) is 0 Å². The van der Waals surface area contributed by atoms with Crippen LogP contribution in [-0.2, 0) is 0 Å². The lowest BCUT2D eigenvalue weighted by molar-refractivity contribution is 0.131. The smallest absolute Gasteiger partial charge is 0.127 e. The van der Waals surface area contributed by atoms with Crippen molar-refractivity contribution in [3.8, 4) is 11.5 Å². The highest BCUT2D eigenvalue weighted by atomic mass is 28.3. The zero-order valence-electron chi connectivity index (χ0n) is 11.0. The average molecular weight is 232 g/mol. The van der Waals surface area contributed by atoms with Crippen LogP contribution in [0.5, 0.6) is 0 Å². The molecule has 2 aliphatic carbocycles. The first kappa shape index (κ1) is 12.0. The van der Waals surface area contributed by atoms with E-state index >= 15 is 0 Å². The van der Waals surface area contributed by atoms with Crippen molar-refractivity contribution in [2.24, 2.45) is 5.41 Å². The summed E-state index contributed by atoms with van der Waals surface area (Å²) in [6.07, 6.45) is 12.3. The van der Waals surface area contributed by atoms with Crippen LogP contribution >= 0.6 is 0 Å². The van der Waals surface area contributed by atoms with Gasteiger partial charge in [-0.25, -0.2) is 0 Å². The van der Waals surface area contributed by atoms with Gasteiger partial charge in [-0.15, -0.1) is 5.54 Å². The molecule has 0 radical (unpaired) electrons. The summed E-state index contributed by atoms with van der Waals surface area (Å²) in [4.78, 5) is 0. The summed E-state index contributed by atoms with van der Waals surface area (Å²) in [5.74, 6) is 3.30. The molecule has 0 atom stereocenters. The lowest BCUT2D eigenvalue weighted by Gasteiger charge is -2.46. The summed E-state index contributed by atoms with van der Waals surface area (Å²) in [5, 5.41) is 0. The van der Waals surface area contributed by atoms with Crippen LogP contribution in [0.3, 0.4) is 0 Å². The molecule has 0 aliphatic heterocycles. The third kappa shape index (κ3) is 3.01. The van der Waals surface area contributed by atoms with Crippen molar-refractivity contribution >= 4 is 8.07 Å². The first-order valence-corrected chi connectivity index (χ1v) is 10.2. The van der Waals surface area contributed by atoms with Gasteiger partial charge in [0.15, 0.2) is 0 Å². The third-order valence-electron chi connectivity index (χ3n) is 3.84. The van der Waals surface area contributed by atoms with Gasteiger partial charge >= 0.3 is 0 Å². The van der Waals surface area contributed by atoms with Crippen molar-refractivity contribution in [1.82, 2.24) is 0 Å². The Morgan fingerprint density at radius 3 is 2.25 bits per heavy atom. The summed E-state index contributed by atoms with van der Waals surface area (Å²) in [5.41, 5.74) is 5.77. The van der Waals surface area contributed by atoms with Gasteiger partial charge in [0.2, 0.25) is 0 Å². The molecular formula is C15H24Si. The van der Waals surface area contributed by atoms with E-state index in [1.54, 1.807) is 5.57 Å². The van der Waals surface area contributed by atoms with E-state index in [9.17, 15) is 0 Å². The van der Waals surface area contributed by atoms with E-state index in [2.05, 4.69) is 37.2 Å². The van der Waals surface area contributed by atoms with Gasteiger partial charge in [-0.2, -0.15) is 0 Å². The highest BCUT2D eigenvalue weighted by Crippen LogP contribution is 2.54. The highest BCUT2D eigenvalue weighted by molar-refractivity contribution is 6.83. The number of hydrogen-bond donors (Lipinski definition) is 0. The molecule has 0 aromatic heterocycles. The lowest BCUT2D eigenvalue weighted by atomic mass is 9.58. The predicted octanol–water partition coefficient (Wildman–Crippen LogP) is 4.54. The Bertz CT molecular complexity index is 330. The molecule has 0 N–H and O–H groups in total. The molecule has 16 heavy (non-hydrogen) atoms. The monoisotopic (exact) mass is 232 g/mol. The van der Waals surface area contributed by atoms with Crippen LogP contribution < -0.4 is 0 Å². The second-order valence-electron chi connectivity index (χ2n) is 6.74. The summed E-state index contributed by atoms with van der Waals surface area (Å²) in [7, 11) is -1.17. The van der Waals surface area contributed by atoms with E-state index in [1.807, 2.05) is 0 Å². The molecule has 0 bridgehead atoms. The van der Waals surface area contributed by atoms with Crippen LogP contribution in [-0.4, -0.2) is 8.07 Å². The molecule has 0 amide bonds. The molecular weight excluding hydrogens is 208 g/mol. The minimum atomic E-state index is -1.17. The SMILES string of the molecule is C[Si](C)(C)C#CC=C1CC2(CCCCC2)C1. The Kier molecular flexibility index (Phi) is 3.31. The highest BCUT2D eigenvalue weighted by Gasteiger charge is 2.40. The first-order valence-electron chi connectivity index (χ1n) is 6.70. The molecule has 0 nitrogen and oxygen atoms in total. The van der Waals surface area contributed by atoms with Gasteiger partial charge < -0.3 is 0 Å². The van der Waals surface area contributed by atoms with Crippen molar-refractivity contribution in [1.29, 1.82) is 0 Å². The van der Waals surface area contributed by atoms with Crippen molar-refractivity contribution in [3.05, 3.63) is 11.6 Å². The Morgan fingerprint density at radius 2 is 1.69 bits per heavy atom. The van der Waals surface area contributed by atoms with Crippen LogP contribution in [0.1, 0.15) is 44.9 Å². The average Bonchev–Trinajstić information content (AvgIpc) is 2.15. The van der Waals surface area contributed by atoms with Crippen molar-refractivity contribution in [2.75, 3.05) is 0 Å². The molecule has 0 unspecified atom stereocenters. The predicted molar refractivity (Wildman–Crippen MR) is 74.0 cm³/mol. The molecule has 0 aromatic rings. The fourth-order valence-corrected chi connectivity index (χ4v) is 3.53. The Labute approximate surface area is 102 Å². The normalized spacial score (nSPS) is 23.3. The maximum atomic E-state index is 3.42. The second kappa shape index (κ2) is 4.41. The van der Waals surface area contributed by atoms with Crippen molar-refractivity contribution in [2.45, 2.75) is 64.6 Å². The summed E-state index contributed by atoms with van der Waals surface area (Å²) in [6.45, 7) is 6.92. The van der Waals surface area contributed by atoms with Gasteiger partial charge in [-0.05, 0) is 37.2 Å². The van der Waals surface area contributed by atoms with Crippen LogP contribution in [0.25, 0.3) is 0 Å². The van der Waals surface area contributed by atoms with E-state index < -0.39 is 8.07 Å². The quantitative estimate of drug-likeness (QED) is 0.425. The molecule has 2 saturated carbocycles. The van der Waals surface area contributed by atoms with Crippen LogP contribution in [0.2, 0.25) is 19.6 Å². The summed E-state index contributed by atoms with van der Waals surface area (Å²) in [6, 6.07) is 0. The Morgan fingerprint density at radius 1 is 1.06 bits per heavy atom. The molecule has 0 heterocycles. The Balaban J connectivity index is 1.87. The number of allylic oxidation sites excluding steroid dienone is 2. The van der Waals surface area contributed by atoms with Crippen LogP contribution in [0.4, 0.5) is 0 Å². The molecule has 1 heteroatoms. The fourth-order valence-electron chi connectivity index (χ4n) is 3.02. The molecule has 2 rings (SSSR count). The minimum absolute atomic E-state index is 0.727. The van der Waals surface area contributed by atoms with Gasteiger partial charge in [-0.3, -0.25) is 0 Å². The molecule has 0 saturated heterocycles. The topological polar surface area (TPSA) is 0 Å². The van der Waals surface area contributed by atoms with Gasteiger partial charge in [-0.1, -0.05) is 50.4 Å². The Hall–Kier alpha value is -0.483. The van der Waals surface area contributed by atoms with Gasteiger partial charge in [0.25, 0.3) is 0 Å². The summed E-state index contributed by atoms with van der Waals surface area (Å²) >= 11 is 0. The minimum Gasteiger partial charge on any atom is -0.127 e. The molecule has 0 aromatic carbocycles. The van der Waals surface area contributed by atoms with Crippen LogP contribution in [0.15, 0.2) is 11.6 Å². The van der Waals surface area contributed by atoms with Crippen LogP contribution in [0, 0.1) is 16.9 Å². The molecule has 1 spiro atoms. The van der Waals surface area contributed by atoms with Gasteiger partial charge in [0.1, 0.15) is 8.07 Å². The largest absolute Gasteiger partial charge is 0.129 e. The first-order chi connectivity index (χ1) is 7.49. The van der Waals surface area contributed by atoms with Gasteiger partial charge in [0.05, 0.1) is 0 Å². The number of hydrogen-bond acceptors (Lipinski definition) is 0. The van der Waals surface area contributed by atoms with E-state index in [-0.39, 0.29) is 0 Å². The zero-order chi connectivity index (χ0) is 11.6. The van der Waals surface area contributed by atoms with Crippen molar-refractivity contribution < 1.29 is 0 Å². The van der Waals surface area contributed by atoms with Gasteiger partial charge in [0, 0.05) is 0 Å². The zero-order valence-corrected chi connectivity index (χ0v) is 12.0. The van der Waals surface area contributed by atoms with E-state index in [0.717, 1.165) is 5.41 Å². The molecule has 2 fully saturated rings. The standard InChI is InChI=1S/C15H24Si/c1-16(2,3)11-7-8-14-12-15(13-14)9-5-4-6-10-15/h8H,4-6,9-10,12-13H2,1-3H3. The third-order valence-corrected chi connectivity index (χ3v) is 4.74. The van der Waals surface area contributed by atoms with E-state index in [4.69, 9.17) is 0 Å². The maximum absolute atomic E-state index is 3.42. The molecule has 88 valence electrons. The summed E-state index contributed by atoms with van der Waals surface area (Å²) < 4.78 is 0.